The summed E-state index contributed by atoms with van der Waals surface area (Å²) in [6.07, 6.45) is 2.16. The van der Waals surface area contributed by atoms with Gasteiger partial charge in [-0.2, -0.15) is 0 Å². The van der Waals surface area contributed by atoms with Crippen molar-refractivity contribution in [2.75, 3.05) is 25.6 Å². The molecule has 1 aromatic heterocycles. The second-order valence-corrected chi connectivity index (χ2v) is 9.55. The summed E-state index contributed by atoms with van der Waals surface area (Å²) in [7, 11) is 1.30. The number of Topliss-reactive ketones (excluding diaryl/α,β-unsaturated/α-hetero) is 1. The highest BCUT2D eigenvalue weighted by molar-refractivity contribution is 5.88. The molecule has 2 bridgehead atoms. The van der Waals surface area contributed by atoms with Crippen molar-refractivity contribution in [1.82, 2.24) is 19.8 Å². The fourth-order valence-corrected chi connectivity index (χ4v) is 5.58. The van der Waals surface area contributed by atoms with Crippen LogP contribution in [0.3, 0.4) is 0 Å². The van der Waals surface area contributed by atoms with Gasteiger partial charge in [0.1, 0.15) is 18.1 Å². The predicted molar refractivity (Wildman–Crippen MR) is 132 cm³/mol. The quantitative estimate of drug-likeness (QED) is 0.564. The first-order chi connectivity index (χ1) is 17.5. The number of H-pyrrole nitrogens is 1. The number of benzene rings is 2. The van der Waals surface area contributed by atoms with Gasteiger partial charge in [-0.25, -0.2) is 14.6 Å². The van der Waals surface area contributed by atoms with E-state index < -0.39 is 6.09 Å². The number of aromatic nitrogens is 2. The highest BCUT2D eigenvalue weighted by Gasteiger charge is 2.44. The summed E-state index contributed by atoms with van der Waals surface area (Å²) in [4.78, 5) is 48.2. The molecule has 0 radical (unpaired) electrons. The Kier molecular flexibility index (Phi) is 5.50. The summed E-state index contributed by atoms with van der Waals surface area (Å²) in [5.41, 5.74) is 4.38. The van der Waals surface area contributed by atoms with Crippen LogP contribution in [0.5, 0.6) is 5.75 Å². The zero-order chi connectivity index (χ0) is 24.8. The standard InChI is InChI=1S/C26H27N5O5/c1-35-25(33)29-24-27-21-6-2-16(11-22(21)28-24)15-3-7-23-17(10-15)14-30(8-9-36-23)26(34)31-18-4-5-19(31)13-20(32)12-18/h2-3,6-7,10-11,18-19H,4-5,8-9,12-14H2,1H3,(H2,27,28,29,33). The van der Waals surface area contributed by atoms with E-state index >= 15 is 0 Å². The van der Waals surface area contributed by atoms with Crippen molar-refractivity contribution >= 4 is 34.9 Å². The number of piperidine rings is 1. The Hall–Kier alpha value is -4.08. The van der Waals surface area contributed by atoms with Crippen LogP contribution in [0.1, 0.15) is 31.2 Å². The number of aromatic amines is 1. The molecule has 3 aliphatic rings. The van der Waals surface area contributed by atoms with E-state index in [1.54, 1.807) is 0 Å². The Morgan fingerprint density at radius 3 is 2.64 bits per heavy atom. The van der Waals surface area contributed by atoms with Crippen molar-refractivity contribution in [2.24, 2.45) is 0 Å². The molecule has 3 aromatic rings. The van der Waals surface area contributed by atoms with Crippen LogP contribution in [0, 0.1) is 0 Å². The van der Waals surface area contributed by atoms with E-state index in [1.165, 1.54) is 7.11 Å². The lowest BCUT2D eigenvalue weighted by atomic mass is 10.0. The molecule has 10 nitrogen and oxygen atoms in total. The van der Waals surface area contributed by atoms with Gasteiger partial charge in [0, 0.05) is 30.5 Å². The molecule has 36 heavy (non-hydrogen) atoms. The van der Waals surface area contributed by atoms with Crippen LogP contribution >= 0.6 is 0 Å². The van der Waals surface area contributed by atoms with Crippen LogP contribution in [-0.4, -0.2) is 70.0 Å². The van der Waals surface area contributed by atoms with E-state index in [0.717, 1.165) is 46.3 Å². The number of nitrogens with zero attached hydrogens (tertiary/aromatic N) is 3. The van der Waals surface area contributed by atoms with Gasteiger partial charge >= 0.3 is 12.1 Å². The van der Waals surface area contributed by atoms with Gasteiger partial charge < -0.3 is 24.3 Å². The minimum atomic E-state index is -0.594. The molecule has 3 aliphatic heterocycles. The monoisotopic (exact) mass is 489 g/mol. The number of carbonyl (C=O) groups is 3. The zero-order valence-corrected chi connectivity index (χ0v) is 20.0. The normalized spacial score (nSPS) is 21.1. The predicted octanol–water partition coefficient (Wildman–Crippen LogP) is 3.92. The molecule has 0 aliphatic carbocycles. The minimum absolute atomic E-state index is 0.00127. The molecule has 2 atom stereocenters. The van der Waals surface area contributed by atoms with Crippen LogP contribution in [-0.2, 0) is 16.1 Å². The lowest BCUT2D eigenvalue weighted by Crippen LogP contribution is -2.52. The fraction of sp³-hybridized carbons (Fsp3) is 0.385. The third kappa shape index (κ3) is 4.02. The number of urea groups is 1. The molecule has 2 aromatic carbocycles. The number of methoxy groups -OCH3 is 1. The number of hydrogen-bond acceptors (Lipinski definition) is 6. The third-order valence-electron chi connectivity index (χ3n) is 7.30. The maximum absolute atomic E-state index is 13.5. The Balaban J connectivity index is 1.25. The van der Waals surface area contributed by atoms with E-state index in [0.29, 0.717) is 38.5 Å². The van der Waals surface area contributed by atoms with E-state index in [2.05, 4.69) is 26.1 Å². The lowest BCUT2D eigenvalue weighted by molar-refractivity contribution is -0.122. The Bertz CT molecular complexity index is 1350. The third-order valence-corrected chi connectivity index (χ3v) is 7.30. The summed E-state index contributed by atoms with van der Waals surface area (Å²) in [5, 5.41) is 2.54. The highest BCUT2D eigenvalue weighted by atomic mass is 16.5. The number of hydrogen-bond donors (Lipinski definition) is 2. The summed E-state index contributed by atoms with van der Waals surface area (Å²) in [6.45, 7) is 1.38. The van der Waals surface area contributed by atoms with Crippen molar-refractivity contribution in [2.45, 2.75) is 44.3 Å². The summed E-state index contributed by atoms with van der Waals surface area (Å²) >= 11 is 0. The molecular formula is C26H27N5O5. The fourth-order valence-electron chi connectivity index (χ4n) is 5.58. The molecule has 4 heterocycles. The number of ketones is 1. The van der Waals surface area contributed by atoms with Gasteiger partial charge in [0.15, 0.2) is 0 Å². The number of fused-ring (bicyclic) bond motifs is 4. The molecule has 6 rings (SSSR count). The van der Waals surface area contributed by atoms with Gasteiger partial charge in [-0.15, -0.1) is 0 Å². The Labute approximate surface area is 207 Å². The molecule has 0 saturated carbocycles. The number of ether oxygens (including phenoxy) is 2. The van der Waals surface area contributed by atoms with E-state index in [9.17, 15) is 14.4 Å². The second-order valence-electron chi connectivity index (χ2n) is 9.55. The number of carbonyl (C=O) groups excluding carboxylic acids is 3. The zero-order valence-electron chi connectivity index (χ0n) is 20.0. The molecule has 3 amide bonds. The number of amides is 3. The van der Waals surface area contributed by atoms with Crippen molar-refractivity contribution in [3.63, 3.8) is 0 Å². The number of anilines is 1. The van der Waals surface area contributed by atoms with E-state index in [4.69, 9.17) is 4.74 Å². The average molecular weight is 490 g/mol. The molecule has 2 N–H and O–H groups in total. The van der Waals surface area contributed by atoms with Gasteiger partial charge in [-0.05, 0) is 48.2 Å². The summed E-state index contributed by atoms with van der Waals surface area (Å²) < 4.78 is 10.6. The molecule has 0 spiro atoms. The number of nitrogens with one attached hydrogen (secondary N) is 2. The molecule has 2 unspecified atom stereocenters. The summed E-state index contributed by atoms with van der Waals surface area (Å²) in [6, 6.07) is 11.9. The minimum Gasteiger partial charge on any atom is -0.491 e. The van der Waals surface area contributed by atoms with Crippen molar-refractivity contribution in [1.29, 1.82) is 0 Å². The Morgan fingerprint density at radius 2 is 1.86 bits per heavy atom. The second kappa shape index (κ2) is 8.85. The van der Waals surface area contributed by atoms with Crippen LogP contribution < -0.4 is 10.1 Å². The SMILES string of the molecule is COC(=O)Nc1nc2ccc(-c3ccc4c(c3)CN(C(=O)N3C5CCC3CC(=O)C5)CCO4)cc2[nH]1. The number of imidazole rings is 1. The first-order valence-corrected chi connectivity index (χ1v) is 12.2. The van der Waals surface area contributed by atoms with Crippen LogP contribution in [0.25, 0.3) is 22.2 Å². The van der Waals surface area contributed by atoms with Crippen LogP contribution in [0.15, 0.2) is 36.4 Å². The van der Waals surface area contributed by atoms with E-state index in [1.807, 2.05) is 40.1 Å². The summed E-state index contributed by atoms with van der Waals surface area (Å²) in [5.74, 6) is 1.35. The van der Waals surface area contributed by atoms with Crippen LogP contribution in [0.2, 0.25) is 0 Å². The van der Waals surface area contributed by atoms with Gasteiger partial charge in [-0.1, -0.05) is 12.1 Å². The van der Waals surface area contributed by atoms with Crippen molar-refractivity contribution in [3.05, 3.63) is 42.0 Å². The smallest absolute Gasteiger partial charge is 0.413 e. The Morgan fingerprint density at radius 1 is 1.11 bits per heavy atom. The van der Waals surface area contributed by atoms with Gasteiger partial charge in [0.05, 0.1) is 31.2 Å². The topological polar surface area (TPSA) is 117 Å². The molecule has 2 fully saturated rings. The molecular weight excluding hydrogens is 462 g/mol. The van der Waals surface area contributed by atoms with Gasteiger partial charge in [-0.3, -0.25) is 10.1 Å². The lowest BCUT2D eigenvalue weighted by Gasteiger charge is -2.37. The van der Waals surface area contributed by atoms with Gasteiger partial charge in [0.25, 0.3) is 0 Å². The maximum Gasteiger partial charge on any atom is 0.413 e. The first-order valence-electron chi connectivity index (χ1n) is 12.2. The molecule has 186 valence electrons. The number of rotatable bonds is 2. The molecule has 2 saturated heterocycles. The first kappa shape index (κ1) is 22.4. The highest BCUT2D eigenvalue weighted by Crippen LogP contribution is 2.36. The van der Waals surface area contributed by atoms with Crippen LogP contribution in [0.4, 0.5) is 15.5 Å². The maximum atomic E-state index is 13.5. The van der Waals surface area contributed by atoms with Crippen molar-refractivity contribution < 1.29 is 23.9 Å². The van der Waals surface area contributed by atoms with E-state index in [-0.39, 0.29) is 23.9 Å². The van der Waals surface area contributed by atoms with Gasteiger partial charge in [0.2, 0.25) is 5.95 Å². The van der Waals surface area contributed by atoms with Crippen molar-refractivity contribution in [3.8, 4) is 16.9 Å². The average Bonchev–Trinajstić information content (AvgIpc) is 3.30. The largest absolute Gasteiger partial charge is 0.491 e. The molecule has 10 heteroatoms.